The SMILES string of the molecule is c1cc(CCOCC2CCNCC2)cs1. The van der Waals surface area contributed by atoms with Gasteiger partial charge in [-0.25, -0.2) is 0 Å². The van der Waals surface area contributed by atoms with Gasteiger partial charge in [0.1, 0.15) is 0 Å². The Bertz CT molecular complexity index is 255. The Morgan fingerprint density at radius 2 is 2.27 bits per heavy atom. The third-order valence-corrected chi connectivity index (χ3v) is 3.66. The van der Waals surface area contributed by atoms with Gasteiger partial charge in [-0.2, -0.15) is 11.3 Å². The van der Waals surface area contributed by atoms with Gasteiger partial charge in [0.15, 0.2) is 0 Å². The van der Waals surface area contributed by atoms with Crippen LogP contribution in [-0.2, 0) is 11.2 Å². The fourth-order valence-electron chi connectivity index (χ4n) is 1.92. The summed E-state index contributed by atoms with van der Waals surface area (Å²) in [5.74, 6) is 0.786. The van der Waals surface area contributed by atoms with Crippen LogP contribution in [0.3, 0.4) is 0 Å². The van der Waals surface area contributed by atoms with Gasteiger partial charge in [-0.15, -0.1) is 0 Å². The fraction of sp³-hybridized carbons (Fsp3) is 0.667. The van der Waals surface area contributed by atoms with E-state index in [2.05, 4.69) is 22.1 Å². The zero-order valence-corrected chi connectivity index (χ0v) is 9.89. The van der Waals surface area contributed by atoms with Crippen LogP contribution in [0, 0.1) is 5.92 Å². The molecule has 2 nitrogen and oxygen atoms in total. The van der Waals surface area contributed by atoms with E-state index in [1.807, 2.05) is 0 Å². The molecule has 0 unspecified atom stereocenters. The highest BCUT2D eigenvalue weighted by Crippen LogP contribution is 2.12. The molecule has 1 aliphatic heterocycles. The van der Waals surface area contributed by atoms with E-state index in [1.165, 1.54) is 31.5 Å². The van der Waals surface area contributed by atoms with Crippen molar-refractivity contribution in [1.82, 2.24) is 5.32 Å². The van der Waals surface area contributed by atoms with Crippen molar-refractivity contribution in [3.8, 4) is 0 Å². The van der Waals surface area contributed by atoms with Gasteiger partial charge < -0.3 is 10.1 Å². The van der Waals surface area contributed by atoms with Gasteiger partial charge in [0.2, 0.25) is 0 Å². The molecule has 1 fully saturated rings. The van der Waals surface area contributed by atoms with Crippen LogP contribution in [0.15, 0.2) is 16.8 Å². The topological polar surface area (TPSA) is 21.3 Å². The molecule has 0 amide bonds. The smallest absolute Gasteiger partial charge is 0.0506 e. The monoisotopic (exact) mass is 225 g/mol. The first-order valence-electron chi connectivity index (χ1n) is 5.74. The summed E-state index contributed by atoms with van der Waals surface area (Å²) in [6.07, 6.45) is 3.62. The van der Waals surface area contributed by atoms with Crippen molar-refractivity contribution in [3.05, 3.63) is 22.4 Å². The first-order valence-corrected chi connectivity index (χ1v) is 6.69. The molecule has 0 aliphatic carbocycles. The molecule has 1 N–H and O–H groups in total. The zero-order valence-electron chi connectivity index (χ0n) is 9.08. The average molecular weight is 225 g/mol. The molecule has 1 saturated heterocycles. The molecule has 2 rings (SSSR count). The van der Waals surface area contributed by atoms with Crippen LogP contribution >= 0.6 is 11.3 Å². The molecular weight excluding hydrogens is 206 g/mol. The first kappa shape index (κ1) is 11.1. The lowest BCUT2D eigenvalue weighted by atomic mass is 9.99. The van der Waals surface area contributed by atoms with Crippen molar-refractivity contribution in [1.29, 1.82) is 0 Å². The van der Waals surface area contributed by atoms with E-state index in [4.69, 9.17) is 4.74 Å². The molecule has 84 valence electrons. The maximum Gasteiger partial charge on any atom is 0.0506 e. The Morgan fingerprint density at radius 1 is 1.40 bits per heavy atom. The molecule has 0 radical (unpaired) electrons. The highest BCUT2D eigenvalue weighted by Gasteiger charge is 2.12. The highest BCUT2D eigenvalue weighted by molar-refractivity contribution is 7.07. The highest BCUT2D eigenvalue weighted by atomic mass is 32.1. The van der Waals surface area contributed by atoms with Gasteiger partial charge in [-0.3, -0.25) is 0 Å². The third-order valence-electron chi connectivity index (χ3n) is 2.93. The summed E-state index contributed by atoms with van der Waals surface area (Å²) in [6.45, 7) is 4.16. The summed E-state index contributed by atoms with van der Waals surface area (Å²) in [6, 6.07) is 2.18. The number of ether oxygens (including phenoxy) is 1. The number of rotatable bonds is 5. The van der Waals surface area contributed by atoms with Crippen LogP contribution in [0.25, 0.3) is 0 Å². The predicted molar refractivity (Wildman–Crippen MR) is 64.4 cm³/mol. The Morgan fingerprint density at radius 3 is 3.00 bits per heavy atom. The molecule has 3 heteroatoms. The second kappa shape index (κ2) is 6.26. The Kier molecular flexibility index (Phi) is 4.64. The summed E-state index contributed by atoms with van der Waals surface area (Å²) in [5.41, 5.74) is 1.41. The standard InChI is InChI=1S/C12H19NOS/c1-5-13-6-2-11(1)9-14-7-3-12-4-8-15-10-12/h4,8,10-11,13H,1-3,5-7,9H2. The van der Waals surface area contributed by atoms with Crippen LogP contribution in [0.2, 0.25) is 0 Å². The Hall–Kier alpha value is -0.380. The molecule has 1 aromatic rings. The lowest BCUT2D eigenvalue weighted by Crippen LogP contribution is -2.30. The molecule has 2 heterocycles. The number of hydrogen-bond donors (Lipinski definition) is 1. The van der Waals surface area contributed by atoms with E-state index in [9.17, 15) is 0 Å². The van der Waals surface area contributed by atoms with Crippen LogP contribution in [0.5, 0.6) is 0 Å². The molecule has 0 spiro atoms. The molecule has 1 aromatic heterocycles. The summed E-state index contributed by atoms with van der Waals surface area (Å²) in [7, 11) is 0. The van der Waals surface area contributed by atoms with Gasteiger partial charge in [-0.05, 0) is 60.7 Å². The molecule has 0 aromatic carbocycles. The van der Waals surface area contributed by atoms with Gasteiger partial charge >= 0.3 is 0 Å². The third kappa shape index (κ3) is 3.93. The Balaban J connectivity index is 1.54. The lowest BCUT2D eigenvalue weighted by molar-refractivity contribution is 0.0901. The first-order chi connectivity index (χ1) is 7.45. The van der Waals surface area contributed by atoms with Crippen molar-refractivity contribution >= 4 is 11.3 Å². The maximum absolute atomic E-state index is 5.72. The lowest BCUT2D eigenvalue weighted by Gasteiger charge is -2.22. The van der Waals surface area contributed by atoms with Crippen LogP contribution in [-0.4, -0.2) is 26.3 Å². The molecule has 0 atom stereocenters. The van der Waals surface area contributed by atoms with Crippen molar-refractivity contribution in [2.75, 3.05) is 26.3 Å². The quantitative estimate of drug-likeness (QED) is 0.776. The van der Waals surface area contributed by atoms with E-state index in [-0.39, 0.29) is 0 Å². The average Bonchev–Trinajstić information content (AvgIpc) is 2.79. The number of piperidine rings is 1. The summed E-state index contributed by atoms with van der Waals surface area (Å²) in [4.78, 5) is 0. The van der Waals surface area contributed by atoms with E-state index in [1.54, 1.807) is 11.3 Å². The zero-order chi connectivity index (χ0) is 10.3. The predicted octanol–water partition coefficient (Wildman–Crippen LogP) is 2.31. The van der Waals surface area contributed by atoms with E-state index >= 15 is 0 Å². The van der Waals surface area contributed by atoms with E-state index in [0.717, 1.165) is 25.6 Å². The largest absolute Gasteiger partial charge is 0.381 e. The minimum Gasteiger partial charge on any atom is -0.381 e. The van der Waals surface area contributed by atoms with Gasteiger partial charge in [0.05, 0.1) is 6.61 Å². The van der Waals surface area contributed by atoms with Crippen molar-refractivity contribution in [3.63, 3.8) is 0 Å². The summed E-state index contributed by atoms with van der Waals surface area (Å²) < 4.78 is 5.72. The molecule has 0 bridgehead atoms. The molecule has 15 heavy (non-hydrogen) atoms. The summed E-state index contributed by atoms with van der Waals surface area (Å²) in [5, 5.41) is 7.70. The van der Waals surface area contributed by atoms with Crippen molar-refractivity contribution in [2.24, 2.45) is 5.92 Å². The normalized spacial score (nSPS) is 18.1. The van der Waals surface area contributed by atoms with E-state index < -0.39 is 0 Å². The summed E-state index contributed by atoms with van der Waals surface area (Å²) >= 11 is 1.76. The number of hydrogen-bond acceptors (Lipinski definition) is 3. The van der Waals surface area contributed by atoms with Gasteiger partial charge in [-0.1, -0.05) is 0 Å². The van der Waals surface area contributed by atoms with Crippen molar-refractivity contribution in [2.45, 2.75) is 19.3 Å². The molecule has 0 saturated carbocycles. The second-order valence-electron chi connectivity index (χ2n) is 4.15. The number of thiophene rings is 1. The number of nitrogens with one attached hydrogen (secondary N) is 1. The molecular formula is C12H19NOS. The van der Waals surface area contributed by atoms with Crippen molar-refractivity contribution < 1.29 is 4.74 Å². The Labute approximate surface area is 95.6 Å². The van der Waals surface area contributed by atoms with E-state index in [0.29, 0.717) is 0 Å². The van der Waals surface area contributed by atoms with Gasteiger partial charge in [0.25, 0.3) is 0 Å². The fourth-order valence-corrected chi connectivity index (χ4v) is 2.63. The minimum absolute atomic E-state index is 0.786. The van der Waals surface area contributed by atoms with Gasteiger partial charge in [0, 0.05) is 6.61 Å². The minimum atomic E-state index is 0.786. The maximum atomic E-state index is 5.72. The van der Waals surface area contributed by atoms with Crippen LogP contribution < -0.4 is 5.32 Å². The molecule has 1 aliphatic rings. The van der Waals surface area contributed by atoms with Crippen LogP contribution in [0.4, 0.5) is 0 Å². The van der Waals surface area contributed by atoms with Crippen LogP contribution in [0.1, 0.15) is 18.4 Å². The second-order valence-corrected chi connectivity index (χ2v) is 4.93.